The molecule has 0 aliphatic rings. The van der Waals surface area contributed by atoms with Crippen LogP contribution >= 0.6 is 22.9 Å². The average molecular weight is 285 g/mol. The van der Waals surface area contributed by atoms with Gasteiger partial charge in [-0.05, 0) is 13.3 Å². The van der Waals surface area contributed by atoms with Crippen LogP contribution in [0.3, 0.4) is 0 Å². The summed E-state index contributed by atoms with van der Waals surface area (Å²) in [5.41, 5.74) is 9.00. The zero-order valence-electron chi connectivity index (χ0n) is 10.8. The van der Waals surface area contributed by atoms with E-state index in [1.165, 1.54) is 0 Å². The average Bonchev–Trinajstić information content (AvgIpc) is 2.87. The number of rotatable bonds is 4. The van der Waals surface area contributed by atoms with Gasteiger partial charge in [0, 0.05) is 18.8 Å². The van der Waals surface area contributed by atoms with Crippen LogP contribution in [0.2, 0.25) is 5.02 Å². The van der Waals surface area contributed by atoms with Crippen LogP contribution in [0.4, 0.5) is 0 Å². The lowest BCUT2D eigenvalue weighted by atomic mass is 10.1. The molecular formula is C12H17ClN4S. The van der Waals surface area contributed by atoms with E-state index in [0.29, 0.717) is 6.42 Å². The Kier molecular flexibility index (Phi) is 4.04. The molecule has 0 fully saturated rings. The van der Waals surface area contributed by atoms with Gasteiger partial charge in [-0.15, -0.1) is 11.3 Å². The number of thiazole rings is 1. The third-order valence-corrected chi connectivity index (χ3v) is 4.16. The Morgan fingerprint density at radius 2 is 2.28 bits per heavy atom. The van der Waals surface area contributed by atoms with Crippen molar-refractivity contribution in [3.63, 3.8) is 0 Å². The van der Waals surface area contributed by atoms with Crippen molar-refractivity contribution < 1.29 is 0 Å². The SMILES string of the molecule is CCc1nn(C)c(CC(N)c2csc(C)n2)c1Cl. The Morgan fingerprint density at radius 3 is 2.78 bits per heavy atom. The smallest absolute Gasteiger partial charge is 0.0898 e. The highest BCUT2D eigenvalue weighted by Gasteiger charge is 2.18. The lowest BCUT2D eigenvalue weighted by Crippen LogP contribution is -2.16. The van der Waals surface area contributed by atoms with Gasteiger partial charge in [0.15, 0.2) is 0 Å². The summed E-state index contributed by atoms with van der Waals surface area (Å²) in [6.45, 7) is 4.02. The largest absolute Gasteiger partial charge is 0.322 e. The molecule has 6 heteroatoms. The molecule has 98 valence electrons. The molecule has 0 saturated heterocycles. The summed E-state index contributed by atoms with van der Waals surface area (Å²) < 4.78 is 1.82. The van der Waals surface area contributed by atoms with Crippen LogP contribution in [0, 0.1) is 6.92 Å². The second-order valence-electron chi connectivity index (χ2n) is 4.29. The minimum absolute atomic E-state index is 0.132. The lowest BCUT2D eigenvalue weighted by molar-refractivity contribution is 0.629. The van der Waals surface area contributed by atoms with E-state index < -0.39 is 0 Å². The minimum Gasteiger partial charge on any atom is -0.322 e. The van der Waals surface area contributed by atoms with Gasteiger partial charge in [-0.1, -0.05) is 18.5 Å². The monoisotopic (exact) mass is 284 g/mol. The third kappa shape index (κ3) is 2.58. The summed E-state index contributed by atoms with van der Waals surface area (Å²) in [5, 5.41) is 8.17. The summed E-state index contributed by atoms with van der Waals surface area (Å²) in [5.74, 6) is 0. The maximum Gasteiger partial charge on any atom is 0.0898 e. The minimum atomic E-state index is -0.132. The molecule has 0 spiro atoms. The maximum atomic E-state index is 6.31. The topological polar surface area (TPSA) is 56.7 Å². The van der Waals surface area contributed by atoms with E-state index in [0.717, 1.165) is 33.5 Å². The van der Waals surface area contributed by atoms with Gasteiger partial charge in [0.05, 0.1) is 33.2 Å². The van der Waals surface area contributed by atoms with Crippen LogP contribution in [0.25, 0.3) is 0 Å². The van der Waals surface area contributed by atoms with Crippen molar-refractivity contribution in [1.82, 2.24) is 14.8 Å². The highest BCUT2D eigenvalue weighted by Crippen LogP contribution is 2.25. The van der Waals surface area contributed by atoms with Crippen LogP contribution in [0.1, 0.15) is 35.1 Å². The van der Waals surface area contributed by atoms with Crippen LogP contribution in [0.5, 0.6) is 0 Å². The highest BCUT2D eigenvalue weighted by atomic mass is 35.5. The molecule has 0 amide bonds. The Bertz CT molecular complexity index is 546. The number of aromatic nitrogens is 3. The van der Waals surface area contributed by atoms with Crippen molar-refractivity contribution in [1.29, 1.82) is 0 Å². The van der Waals surface area contributed by atoms with Gasteiger partial charge in [0.25, 0.3) is 0 Å². The number of hydrogen-bond acceptors (Lipinski definition) is 4. The Balaban J connectivity index is 2.21. The second-order valence-corrected chi connectivity index (χ2v) is 5.73. The fourth-order valence-corrected chi connectivity index (χ4v) is 2.95. The predicted molar refractivity (Wildman–Crippen MR) is 75.1 cm³/mol. The summed E-state index contributed by atoms with van der Waals surface area (Å²) in [4.78, 5) is 4.41. The van der Waals surface area contributed by atoms with Crippen LogP contribution in [0.15, 0.2) is 5.38 Å². The maximum absolute atomic E-state index is 6.31. The van der Waals surface area contributed by atoms with Crippen LogP contribution < -0.4 is 5.73 Å². The molecule has 2 heterocycles. The molecule has 1 atom stereocenters. The zero-order valence-corrected chi connectivity index (χ0v) is 12.3. The van der Waals surface area contributed by atoms with Gasteiger partial charge in [-0.25, -0.2) is 4.98 Å². The van der Waals surface area contributed by atoms with E-state index in [1.54, 1.807) is 11.3 Å². The van der Waals surface area contributed by atoms with E-state index in [2.05, 4.69) is 10.1 Å². The third-order valence-electron chi connectivity index (χ3n) is 2.93. The first kappa shape index (κ1) is 13.5. The fourth-order valence-electron chi connectivity index (χ4n) is 1.90. The summed E-state index contributed by atoms with van der Waals surface area (Å²) in [7, 11) is 1.90. The number of aryl methyl sites for hydroxylation is 3. The van der Waals surface area contributed by atoms with E-state index in [1.807, 2.05) is 31.0 Å². The molecule has 2 rings (SSSR count). The van der Waals surface area contributed by atoms with Crippen molar-refractivity contribution in [2.45, 2.75) is 32.7 Å². The molecule has 0 aromatic carbocycles. The van der Waals surface area contributed by atoms with Gasteiger partial charge >= 0.3 is 0 Å². The fraction of sp³-hybridized carbons (Fsp3) is 0.500. The summed E-state index contributed by atoms with van der Waals surface area (Å²) >= 11 is 7.92. The van der Waals surface area contributed by atoms with Gasteiger partial charge in [0.2, 0.25) is 0 Å². The standard InChI is InChI=1S/C12H17ClN4S/c1-4-9-12(13)11(17(3)16-9)5-8(14)10-6-18-7(2)15-10/h6,8H,4-5,14H2,1-3H3. The highest BCUT2D eigenvalue weighted by molar-refractivity contribution is 7.09. The Morgan fingerprint density at radius 1 is 1.56 bits per heavy atom. The Labute approximate surface area is 116 Å². The molecule has 1 unspecified atom stereocenters. The molecule has 0 bridgehead atoms. The predicted octanol–water partition coefficient (Wildman–Crippen LogP) is 2.64. The first-order valence-corrected chi connectivity index (χ1v) is 7.16. The molecular weight excluding hydrogens is 268 g/mol. The number of nitrogens with zero attached hydrogens (tertiary/aromatic N) is 3. The molecule has 0 saturated carbocycles. The normalized spacial score (nSPS) is 12.9. The number of hydrogen-bond donors (Lipinski definition) is 1. The zero-order chi connectivity index (χ0) is 13.3. The van der Waals surface area contributed by atoms with Crippen molar-refractivity contribution in [3.05, 3.63) is 32.5 Å². The van der Waals surface area contributed by atoms with Crippen molar-refractivity contribution in [3.8, 4) is 0 Å². The molecule has 2 aromatic rings. The number of halogens is 1. The van der Waals surface area contributed by atoms with Crippen molar-refractivity contribution >= 4 is 22.9 Å². The van der Waals surface area contributed by atoms with Gasteiger partial charge in [0.1, 0.15) is 0 Å². The molecule has 0 aliphatic heterocycles. The molecule has 2 N–H and O–H groups in total. The summed E-state index contributed by atoms with van der Waals surface area (Å²) in [6, 6.07) is -0.132. The first-order valence-electron chi connectivity index (χ1n) is 5.90. The van der Waals surface area contributed by atoms with E-state index in [-0.39, 0.29) is 6.04 Å². The Hall–Kier alpha value is -0.910. The second kappa shape index (κ2) is 5.38. The number of nitrogens with two attached hydrogens (primary N) is 1. The van der Waals surface area contributed by atoms with Crippen molar-refractivity contribution in [2.75, 3.05) is 0 Å². The van der Waals surface area contributed by atoms with E-state index in [4.69, 9.17) is 17.3 Å². The van der Waals surface area contributed by atoms with Gasteiger partial charge in [-0.3, -0.25) is 4.68 Å². The van der Waals surface area contributed by atoms with E-state index in [9.17, 15) is 0 Å². The first-order chi connectivity index (χ1) is 8.52. The molecule has 2 aromatic heterocycles. The van der Waals surface area contributed by atoms with Crippen molar-refractivity contribution in [2.24, 2.45) is 12.8 Å². The van der Waals surface area contributed by atoms with Gasteiger partial charge in [-0.2, -0.15) is 5.10 Å². The lowest BCUT2D eigenvalue weighted by Gasteiger charge is -2.09. The molecule has 18 heavy (non-hydrogen) atoms. The molecule has 0 radical (unpaired) electrons. The summed E-state index contributed by atoms with van der Waals surface area (Å²) in [6.07, 6.45) is 1.49. The van der Waals surface area contributed by atoms with Crippen LogP contribution in [-0.4, -0.2) is 14.8 Å². The quantitative estimate of drug-likeness (QED) is 0.939. The molecule has 0 aliphatic carbocycles. The van der Waals surface area contributed by atoms with E-state index >= 15 is 0 Å². The molecule has 4 nitrogen and oxygen atoms in total. The van der Waals surface area contributed by atoms with Gasteiger partial charge < -0.3 is 5.73 Å². The van der Waals surface area contributed by atoms with Crippen LogP contribution in [-0.2, 0) is 19.9 Å².